The van der Waals surface area contributed by atoms with E-state index in [0.29, 0.717) is 11.8 Å². The molecule has 3 rings (SSSR count). The molecule has 2 aromatic carbocycles. The average Bonchev–Trinajstić information content (AvgIpc) is 3.10. The van der Waals surface area contributed by atoms with Crippen molar-refractivity contribution in [2.45, 2.75) is 39.5 Å². The molecule has 24 heavy (non-hydrogen) atoms. The van der Waals surface area contributed by atoms with Crippen LogP contribution in [-0.4, -0.2) is 0 Å². The van der Waals surface area contributed by atoms with Gasteiger partial charge in [-0.15, -0.1) is 0 Å². The van der Waals surface area contributed by atoms with E-state index in [1.54, 1.807) is 0 Å². The zero-order valence-electron chi connectivity index (χ0n) is 14.7. The van der Waals surface area contributed by atoms with Crippen LogP contribution in [0.3, 0.4) is 0 Å². The van der Waals surface area contributed by atoms with Gasteiger partial charge in [-0.1, -0.05) is 45.9 Å². The fourth-order valence-electron chi connectivity index (χ4n) is 2.54. The van der Waals surface area contributed by atoms with Crippen LogP contribution in [0.15, 0.2) is 67.3 Å². The van der Waals surface area contributed by atoms with Gasteiger partial charge < -0.3 is 4.57 Å². The van der Waals surface area contributed by atoms with E-state index in [0.717, 1.165) is 0 Å². The summed E-state index contributed by atoms with van der Waals surface area (Å²) in [5.41, 5.74) is 4.07. The number of benzene rings is 2. The van der Waals surface area contributed by atoms with Gasteiger partial charge in [0.25, 0.3) is 0 Å². The minimum absolute atomic E-state index is 0. The van der Waals surface area contributed by atoms with Crippen LogP contribution in [0.1, 0.15) is 50.7 Å². The van der Waals surface area contributed by atoms with Crippen molar-refractivity contribution in [3.05, 3.63) is 84.4 Å². The summed E-state index contributed by atoms with van der Waals surface area (Å²) in [7, 11) is 0. The van der Waals surface area contributed by atoms with Crippen molar-refractivity contribution in [2.75, 3.05) is 0 Å². The molecular weight excluding hydrogens is 477 g/mol. The minimum Gasteiger partial charge on any atom is -0.306 e. The molecule has 1 heterocycles. The van der Waals surface area contributed by atoms with Crippen molar-refractivity contribution in [1.82, 2.24) is 4.98 Å². The Balaban J connectivity index is 0.000000349. The molecule has 0 aliphatic heterocycles. The molecule has 0 aliphatic carbocycles. The molecule has 0 bridgehead atoms. The molecule has 1 aromatic heterocycles. The predicted molar refractivity (Wildman–Crippen MR) is 94.8 cm³/mol. The van der Waals surface area contributed by atoms with E-state index in [2.05, 4.69) is 61.5 Å². The van der Waals surface area contributed by atoms with Gasteiger partial charge in [-0.25, -0.2) is 4.98 Å². The largest absolute Gasteiger partial charge is 0.306 e. The van der Waals surface area contributed by atoms with Gasteiger partial charge in [0.05, 0.1) is 12.0 Å². The number of nitrogens with zero attached hydrogens (tertiary/aromatic N) is 2. The van der Waals surface area contributed by atoms with Crippen molar-refractivity contribution < 1.29 is 26.9 Å². The van der Waals surface area contributed by atoms with Crippen LogP contribution in [0.4, 0.5) is 0 Å². The molecular formula is C21H25AuN2-. The summed E-state index contributed by atoms with van der Waals surface area (Å²) in [6.07, 6.45) is 5.74. The molecule has 0 atom stereocenters. The minimum atomic E-state index is 0. The van der Waals surface area contributed by atoms with Crippen molar-refractivity contribution >= 4 is 0 Å². The van der Waals surface area contributed by atoms with E-state index >= 15 is 0 Å². The fourth-order valence-corrected chi connectivity index (χ4v) is 2.54. The van der Waals surface area contributed by atoms with Gasteiger partial charge in [-0.3, -0.25) is 0 Å². The third-order valence-electron chi connectivity index (χ3n) is 3.71. The van der Waals surface area contributed by atoms with Crippen LogP contribution in [0, 0.1) is 6.07 Å². The van der Waals surface area contributed by atoms with E-state index in [-0.39, 0.29) is 22.4 Å². The number of imidazole rings is 1. The number of aromatic nitrogens is 2. The first-order valence-electron chi connectivity index (χ1n) is 8.13. The van der Waals surface area contributed by atoms with Gasteiger partial charge in [0.15, 0.2) is 0 Å². The molecule has 0 aliphatic rings. The Morgan fingerprint density at radius 3 is 1.79 bits per heavy atom. The summed E-state index contributed by atoms with van der Waals surface area (Å²) < 4.78 is 2.13. The molecule has 0 amide bonds. The summed E-state index contributed by atoms with van der Waals surface area (Å²) >= 11 is 0. The maximum absolute atomic E-state index is 4.16. The van der Waals surface area contributed by atoms with E-state index in [9.17, 15) is 0 Å². The van der Waals surface area contributed by atoms with Crippen LogP contribution in [-0.2, 0) is 22.4 Å². The monoisotopic (exact) mass is 502 g/mol. The van der Waals surface area contributed by atoms with E-state index in [1.807, 2.05) is 49.1 Å². The van der Waals surface area contributed by atoms with Crippen molar-refractivity contribution in [3.63, 3.8) is 0 Å². The Morgan fingerprint density at radius 2 is 1.46 bits per heavy atom. The molecule has 0 unspecified atom stereocenters. The van der Waals surface area contributed by atoms with Crippen LogP contribution in [0.25, 0.3) is 5.69 Å². The number of para-hydroxylation sites is 1. The molecule has 131 valence electrons. The summed E-state index contributed by atoms with van der Waals surface area (Å²) in [5, 5.41) is 0. The third kappa shape index (κ3) is 5.48. The van der Waals surface area contributed by atoms with E-state index < -0.39 is 0 Å². The zero-order chi connectivity index (χ0) is 16.7. The van der Waals surface area contributed by atoms with Crippen LogP contribution in [0.5, 0.6) is 0 Å². The smallest absolute Gasteiger partial charge is 0.0991 e. The molecule has 0 spiro atoms. The van der Waals surface area contributed by atoms with Crippen LogP contribution < -0.4 is 9.55 Å². The van der Waals surface area contributed by atoms with Crippen LogP contribution in [0.2, 0.25) is 0 Å². The third-order valence-corrected chi connectivity index (χ3v) is 3.71. The second-order valence-corrected chi connectivity index (χ2v) is 6.14. The summed E-state index contributed by atoms with van der Waals surface area (Å²) in [5.74, 6) is 1.04. The Kier molecular flexibility index (Phi) is 8.77. The van der Waals surface area contributed by atoms with Gasteiger partial charge in [0.1, 0.15) is 0 Å². The molecule has 0 saturated heterocycles. The predicted octanol–water partition coefficient (Wildman–Crippen LogP) is 4.65. The Bertz CT molecular complexity index is 636. The molecule has 3 aromatic rings. The summed E-state index contributed by atoms with van der Waals surface area (Å²) in [6.45, 7) is 8.94. The Labute approximate surface area is 161 Å². The van der Waals surface area contributed by atoms with E-state index in [4.69, 9.17) is 0 Å². The van der Waals surface area contributed by atoms with Crippen molar-refractivity contribution in [3.8, 4) is 5.69 Å². The van der Waals surface area contributed by atoms with Gasteiger partial charge in [-0.2, -0.15) is 36.4 Å². The van der Waals surface area contributed by atoms with Gasteiger partial charge in [-0.05, 0) is 23.0 Å². The first-order chi connectivity index (χ1) is 11.1. The van der Waals surface area contributed by atoms with Crippen molar-refractivity contribution in [1.29, 1.82) is 0 Å². The number of hydrogen-bond acceptors (Lipinski definition) is 0. The molecule has 0 saturated carbocycles. The maximum Gasteiger partial charge on any atom is 0.0991 e. The first-order valence-corrected chi connectivity index (χ1v) is 8.13. The average molecular weight is 502 g/mol. The Hall–Kier alpha value is -1.61. The number of hydrogen-bond donors (Lipinski definition) is 0. The molecule has 3 heteroatoms. The SMILES string of the molecule is CC(C)c1cccc(C(C)C)c1-[n+]1cc[n-]c1.[Au].[c-]1ccccc1. The maximum atomic E-state index is 4.16. The standard InChI is InChI=1S/C15H20N2.C6H5.Au/c1-11(2)13-6-5-7-14(12(3)4)15(13)17-9-8-16-10-17;1-2-4-6-5-3-1;/h5-12H,1-4H3;1-5H;/q;-1;. The van der Waals surface area contributed by atoms with Crippen LogP contribution >= 0.6 is 0 Å². The van der Waals surface area contributed by atoms with Gasteiger partial charge in [0.2, 0.25) is 0 Å². The topological polar surface area (TPSA) is 18.0 Å². The molecule has 1 radical (unpaired) electrons. The first kappa shape index (κ1) is 20.4. The zero-order valence-corrected chi connectivity index (χ0v) is 16.9. The second kappa shape index (κ2) is 10.3. The molecule has 0 fully saturated rings. The quantitative estimate of drug-likeness (QED) is 0.290. The summed E-state index contributed by atoms with van der Waals surface area (Å²) in [4.78, 5) is 4.16. The van der Waals surface area contributed by atoms with Gasteiger partial charge >= 0.3 is 0 Å². The van der Waals surface area contributed by atoms with E-state index in [1.165, 1.54) is 16.8 Å². The Morgan fingerprint density at radius 1 is 0.875 bits per heavy atom. The summed E-state index contributed by atoms with van der Waals surface area (Å²) in [6, 6.07) is 19.1. The van der Waals surface area contributed by atoms with Gasteiger partial charge in [0, 0.05) is 34.8 Å². The molecule has 0 N–H and O–H groups in total. The number of rotatable bonds is 3. The molecule has 2 nitrogen and oxygen atoms in total. The fraction of sp³-hybridized carbons (Fsp3) is 0.286. The van der Waals surface area contributed by atoms with Crippen molar-refractivity contribution in [2.24, 2.45) is 0 Å². The second-order valence-electron chi connectivity index (χ2n) is 6.14. The normalized spacial score (nSPS) is 10.1.